The average molecular weight is 403 g/mol. The minimum atomic E-state index is -0.711. The molecule has 4 heterocycles. The van der Waals surface area contributed by atoms with Gasteiger partial charge in [-0.15, -0.1) is 0 Å². The predicted octanol–water partition coefficient (Wildman–Crippen LogP) is 2.81. The summed E-state index contributed by atoms with van der Waals surface area (Å²) in [5.41, 5.74) is 2.34. The van der Waals surface area contributed by atoms with Gasteiger partial charge in [-0.05, 0) is 41.3 Å². The fourth-order valence-electron chi connectivity index (χ4n) is 4.86. The van der Waals surface area contributed by atoms with Crippen molar-refractivity contribution in [1.29, 1.82) is 0 Å². The van der Waals surface area contributed by atoms with Crippen molar-refractivity contribution in [3.63, 3.8) is 0 Å². The van der Waals surface area contributed by atoms with Gasteiger partial charge >= 0.3 is 0 Å². The van der Waals surface area contributed by atoms with E-state index in [4.69, 9.17) is 4.74 Å². The Morgan fingerprint density at radius 2 is 1.97 bits per heavy atom. The zero-order valence-corrected chi connectivity index (χ0v) is 17.1. The lowest BCUT2D eigenvalue weighted by Gasteiger charge is -2.23. The zero-order valence-electron chi connectivity index (χ0n) is 17.1. The maximum atomic E-state index is 13.4. The first-order chi connectivity index (χ1) is 14.5. The summed E-state index contributed by atoms with van der Waals surface area (Å²) in [6.07, 6.45) is 6.97. The molecule has 2 saturated heterocycles. The molecule has 1 aromatic heterocycles. The Kier molecular flexibility index (Phi) is 4.47. The normalized spacial score (nSPS) is 29.0. The molecule has 2 amide bonds. The minimum absolute atomic E-state index is 0.0387. The number of carbonyl (C=O) groups excluding carboxylic acids is 2. The lowest BCUT2D eigenvalue weighted by atomic mass is 9.77. The number of fused-ring (bicyclic) bond motifs is 1. The Hall–Kier alpha value is -2.99. The number of benzene rings is 1. The predicted molar refractivity (Wildman–Crippen MR) is 113 cm³/mol. The molecule has 3 unspecified atom stereocenters. The third-order valence-electron chi connectivity index (χ3n) is 6.49. The summed E-state index contributed by atoms with van der Waals surface area (Å²) in [7, 11) is 0. The molecule has 1 aromatic carbocycles. The SMILES string of the molecule is CC(C)c1ccc(N2C[C@@]34C=CC(O3)C(C(=O)NCc3ccncc3)C4C2=O)cc1. The van der Waals surface area contributed by atoms with Gasteiger partial charge in [-0.3, -0.25) is 14.6 Å². The zero-order chi connectivity index (χ0) is 20.9. The molecule has 3 aliphatic heterocycles. The highest BCUT2D eigenvalue weighted by Gasteiger charge is 2.67. The van der Waals surface area contributed by atoms with Gasteiger partial charge in [0.15, 0.2) is 0 Å². The van der Waals surface area contributed by atoms with Gasteiger partial charge < -0.3 is 15.0 Å². The number of hydrogen-bond donors (Lipinski definition) is 1. The van der Waals surface area contributed by atoms with Crippen LogP contribution < -0.4 is 10.2 Å². The number of nitrogens with zero attached hydrogens (tertiary/aromatic N) is 2. The quantitative estimate of drug-likeness (QED) is 0.780. The Morgan fingerprint density at radius 1 is 1.23 bits per heavy atom. The van der Waals surface area contributed by atoms with Gasteiger partial charge in [0.25, 0.3) is 0 Å². The molecular formula is C24H25N3O3. The van der Waals surface area contributed by atoms with Gasteiger partial charge in [0, 0.05) is 24.6 Å². The molecule has 0 radical (unpaired) electrons. The molecule has 4 atom stereocenters. The van der Waals surface area contributed by atoms with Crippen LogP contribution in [0.2, 0.25) is 0 Å². The summed E-state index contributed by atoms with van der Waals surface area (Å²) in [6.45, 7) is 5.14. The minimum Gasteiger partial charge on any atom is -0.360 e. The van der Waals surface area contributed by atoms with Gasteiger partial charge in [-0.25, -0.2) is 0 Å². The lowest BCUT2D eigenvalue weighted by molar-refractivity contribution is -0.132. The van der Waals surface area contributed by atoms with Crippen molar-refractivity contribution in [1.82, 2.24) is 10.3 Å². The van der Waals surface area contributed by atoms with E-state index in [2.05, 4.69) is 36.3 Å². The van der Waals surface area contributed by atoms with E-state index in [1.807, 2.05) is 36.4 Å². The summed E-state index contributed by atoms with van der Waals surface area (Å²) < 4.78 is 6.21. The molecule has 3 aliphatic rings. The number of nitrogens with one attached hydrogen (secondary N) is 1. The number of ether oxygens (including phenoxy) is 1. The number of carbonyl (C=O) groups is 2. The molecule has 1 spiro atoms. The number of amides is 2. The summed E-state index contributed by atoms with van der Waals surface area (Å²) in [5, 5.41) is 2.98. The maximum absolute atomic E-state index is 13.4. The van der Waals surface area contributed by atoms with E-state index in [0.717, 1.165) is 11.3 Å². The largest absolute Gasteiger partial charge is 0.360 e. The number of hydrogen-bond acceptors (Lipinski definition) is 4. The molecule has 2 aromatic rings. The van der Waals surface area contributed by atoms with Gasteiger partial charge in [-0.1, -0.05) is 38.1 Å². The van der Waals surface area contributed by atoms with Crippen LogP contribution in [0.4, 0.5) is 5.69 Å². The molecule has 0 saturated carbocycles. The number of anilines is 1. The van der Waals surface area contributed by atoms with E-state index >= 15 is 0 Å². The molecule has 6 nitrogen and oxygen atoms in total. The average Bonchev–Trinajstić information content (AvgIpc) is 3.41. The smallest absolute Gasteiger partial charge is 0.234 e. The van der Waals surface area contributed by atoms with Crippen LogP contribution in [0.25, 0.3) is 0 Å². The van der Waals surface area contributed by atoms with Crippen molar-refractivity contribution < 1.29 is 14.3 Å². The fourth-order valence-corrected chi connectivity index (χ4v) is 4.86. The van der Waals surface area contributed by atoms with Crippen LogP contribution in [-0.2, 0) is 20.9 Å². The Labute approximate surface area is 175 Å². The Bertz CT molecular complexity index is 1000. The third-order valence-corrected chi connectivity index (χ3v) is 6.49. The van der Waals surface area contributed by atoms with Crippen LogP contribution in [0.5, 0.6) is 0 Å². The van der Waals surface area contributed by atoms with E-state index in [1.165, 1.54) is 5.56 Å². The highest BCUT2D eigenvalue weighted by atomic mass is 16.5. The monoisotopic (exact) mass is 403 g/mol. The summed E-state index contributed by atoms with van der Waals surface area (Å²) in [4.78, 5) is 32.2. The van der Waals surface area contributed by atoms with E-state index < -0.39 is 17.4 Å². The van der Waals surface area contributed by atoms with Crippen LogP contribution in [-0.4, -0.2) is 35.0 Å². The van der Waals surface area contributed by atoms with E-state index in [1.54, 1.807) is 17.3 Å². The topological polar surface area (TPSA) is 71.5 Å². The van der Waals surface area contributed by atoms with E-state index in [9.17, 15) is 9.59 Å². The van der Waals surface area contributed by atoms with Crippen molar-refractivity contribution in [3.8, 4) is 0 Å². The van der Waals surface area contributed by atoms with E-state index in [0.29, 0.717) is 19.0 Å². The van der Waals surface area contributed by atoms with Gasteiger partial charge in [0.1, 0.15) is 5.60 Å². The second-order valence-corrected chi connectivity index (χ2v) is 8.64. The highest BCUT2D eigenvalue weighted by molar-refractivity contribution is 6.03. The van der Waals surface area contributed by atoms with Gasteiger partial charge in [-0.2, -0.15) is 0 Å². The molecule has 1 N–H and O–H groups in total. The fraction of sp³-hybridized carbons (Fsp3) is 0.375. The lowest BCUT2D eigenvalue weighted by Crippen LogP contribution is -2.43. The Morgan fingerprint density at radius 3 is 2.67 bits per heavy atom. The van der Waals surface area contributed by atoms with Crippen molar-refractivity contribution in [3.05, 3.63) is 72.1 Å². The molecule has 2 fully saturated rings. The molecule has 6 heteroatoms. The van der Waals surface area contributed by atoms with Crippen molar-refractivity contribution >= 4 is 17.5 Å². The van der Waals surface area contributed by atoms with Crippen LogP contribution in [0.15, 0.2) is 60.9 Å². The number of pyridine rings is 1. The van der Waals surface area contributed by atoms with Crippen LogP contribution in [0.1, 0.15) is 30.9 Å². The van der Waals surface area contributed by atoms with Crippen LogP contribution in [0.3, 0.4) is 0 Å². The summed E-state index contributed by atoms with van der Waals surface area (Å²) >= 11 is 0. The van der Waals surface area contributed by atoms with Crippen molar-refractivity contribution in [2.24, 2.45) is 11.8 Å². The van der Waals surface area contributed by atoms with Crippen LogP contribution >= 0.6 is 0 Å². The Balaban J connectivity index is 1.36. The maximum Gasteiger partial charge on any atom is 0.234 e. The standard InChI is InChI=1S/C24H25N3O3/c1-15(2)17-3-5-18(6-4-17)27-14-24-10-7-19(30-24)20(21(24)23(27)29)22(28)26-13-16-8-11-25-12-9-16/h3-12,15,19-21H,13-14H2,1-2H3,(H,26,28)/t19?,20?,21?,24-/m1/s1. The van der Waals surface area contributed by atoms with Gasteiger partial charge in [0.05, 0.1) is 24.5 Å². The third kappa shape index (κ3) is 2.94. The molecule has 2 bridgehead atoms. The summed E-state index contributed by atoms with van der Waals surface area (Å²) in [5.74, 6) is -0.748. The summed E-state index contributed by atoms with van der Waals surface area (Å²) in [6, 6.07) is 11.8. The first kappa shape index (κ1) is 19.0. The van der Waals surface area contributed by atoms with Crippen molar-refractivity contribution in [2.75, 3.05) is 11.4 Å². The second kappa shape index (κ2) is 7.06. The molecule has 30 heavy (non-hydrogen) atoms. The van der Waals surface area contributed by atoms with Crippen molar-refractivity contribution in [2.45, 2.75) is 38.0 Å². The van der Waals surface area contributed by atoms with Crippen LogP contribution in [0, 0.1) is 11.8 Å². The number of rotatable bonds is 5. The number of aromatic nitrogens is 1. The second-order valence-electron chi connectivity index (χ2n) is 8.64. The van der Waals surface area contributed by atoms with E-state index in [-0.39, 0.29) is 17.9 Å². The first-order valence-electron chi connectivity index (χ1n) is 10.4. The van der Waals surface area contributed by atoms with Gasteiger partial charge in [0.2, 0.25) is 11.8 Å². The highest BCUT2D eigenvalue weighted by Crippen LogP contribution is 2.52. The molecular weight excluding hydrogens is 378 g/mol. The molecule has 154 valence electrons. The molecule has 5 rings (SSSR count). The first-order valence-corrected chi connectivity index (χ1v) is 10.4. The molecule has 0 aliphatic carbocycles.